The van der Waals surface area contributed by atoms with Crippen molar-refractivity contribution in [3.8, 4) is 11.4 Å². The van der Waals surface area contributed by atoms with Crippen molar-refractivity contribution in [1.82, 2.24) is 24.5 Å². The lowest BCUT2D eigenvalue weighted by molar-refractivity contribution is 0.0982. The summed E-state index contributed by atoms with van der Waals surface area (Å²) in [6.07, 6.45) is 0.926. The average molecular weight is 449 g/mol. The number of rotatable bonds is 2. The summed E-state index contributed by atoms with van der Waals surface area (Å²) in [5.74, 6) is -0.415. The van der Waals surface area contributed by atoms with Gasteiger partial charge < -0.3 is 10.0 Å². The Balaban J connectivity index is 1.51. The Bertz CT molecular complexity index is 1390. The van der Waals surface area contributed by atoms with Gasteiger partial charge in [0.2, 0.25) is 0 Å². The maximum Gasteiger partial charge on any atom is 0.407 e. The maximum atomic E-state index is 15.2. The lowest BCUT2D eigenvalue weighted by atomic mass is 10.1. The first-order chi connectivity index (χ1) is 15.7. The van der Waals surface area contributed by atoms with Crippen molar-refractivity contribution < 1.29 is 14.3 Å². The van der Waals surface area contributed by atoms with E-state index in [0.29, 0.717) is 29.9 Å². The molecule has 1 N–H and O–H groups in total. The second kappa shape index (κ2) is 7.68. The minimum Gasteiger partial charge on any atom is -0.465 e. The van der Waals surface area contributed by atoms with Crippen LogP contribution in [0.25, 0.3) is 27.9 Å². The van der Waals surface area contributed by atoms with Crippen molar-refractivity contribution in [2.24, 2.45) is 0 Å². The highest BCUT2D eigenvalue weighted by Gasteiger charge is 2.33. The van der Waals surface area contributed by atoms with E-state index in [4.69, 9.17) is 0 Å². The van der Waals surface area contributed by atoms with Gasteiger partial charge in [-0.1, -0.05) is 6.07 Å². The number of pyridine rings is 1. The first-order valence-electron chi connectivity index (χ1n) is 10.9. The van der Waals surface area contributed by atoms with Crippen LogP contribution in [0.2, 0.25) is 0 Å². The number of carboxylic acid groups (broad SMARTS) is 1. The molecule has 1 aliphatic heterocycles. The van der Waals surface area contributed by atoms with E-state index in [0.717, 1.165) is 22.6 Å². The Morgan fingerprint density at radius 2 is 1.79 bits per heavy atom. The van der Waals surface area contributed by atoms with E-state index in [1.165, 1.54) is 11.0 Å². The SMILES string of the molecule is Cc1cn2nc(-c3ccc4cc(N5C[C@H](C)N(C(=O)O)[C@@H](C)C5)cc(F)c4n3)cc(C)c2n1. The van der Waals surface area contributed by atoms with Crippen LogP contribution in [-0.4, -0.2) is 60.9 Å². The van der Waals surface area contributed by atoms with Crippen LogP contribution in [-0.2, 0) is 0 Å². The van der Waals surface area contributed by atoms with Crippen molar-refractivity contribution in [2.45, 2.75) is 39.8 Å². The maximum absolute atomic E-state index is 15.2. The Morgan fingerprint density at radius 3 is 2.48 bits per heavy atom. The van der Waals surface area contributed by atoms with Gasteiger partial charge in [-0.3, -0.25) is 4.90 Å². The number of nitrogens with zero attached hydrogens (tertiary/aromatic N) is 6. The highest BCUT2D eigenvalue weighted by atomic mass is 19.1. The summed E-state index contributed by atoms with van der Waals surface area (Å²) >= 11 is 0. The minimum atomic E-state index is -0.927. The zero-order valence-corrected chi connectivity index (χ0v) is 18.9. The molecule has 1 saturated heterocycles. The molecule has 9 heteroatoms. The third-order valence-corrected chi connectivity index (χ3v) is 6.23. The molecule has 33 heavy (non-hydrogen) atoms. The van der Waals surface area contributed by atoms with Gasteiger partial charge in [0.1, 0.15) is 11.2 Å². The molecular formula is C24H25FN6O2. The second-order valence-electron chi connectivity index (χ2n) is 8.85. The molecule has 1 fully saturated rings. The number of hydrogen-bond acceptors (Lipinski definition) is 5. The number of amides is 1. The quantitative estimate of drug-likeness (QED) is 0.493. The number of aryl methyl sites for hydroxylation is 2. The van der Waals surface area contributed by atoms with Crippen molar-refractivity contribution in [1.29, 1.82) is 0 Å². The Morgan fingerprint density at radius 1 is 1.06 bits per heavy atom. The number of hydrogen-bond donors (Lipinski definition) is 1. The fourth-order valence-electron chi connectivity index (χ4n) is 4.78. The Kier molecular flexibility index (Phi) is 4.92. The fourth-order valence-corrected chi connectivity index (χ4v) is 4.78. The summed E-state index contributed by atoms with van der Waals surface area (Å²) in [4.78, 5) is 24.1. The molecule has 3 aromatic heterocycles. The molecule has 0 saturated carbocycles. The summed E-state index contributed by atoms with van der Waals surface area (Å²) < 4.78 is 16.9. The lowest BCUT2D eigenvalue weighted by Gasteiger charge is -2.44. The van der Waals surface area contributed by atoms with Gasteiger partial charge in [-0.15, -0.1) is 0 Å². The van der Waals surface area contributed by atoms with Crippen LogP contribution < -0.4 is 4.90 Å². The monoisotopic (exact) mass is 448 g/mol. The van der Waals surface area contributed by atoms with Crippen LogP contribution in [0.15, 0.2) is 36.5 Å². The number of aromatic nitrogens is 4. The minimum absolute atomic E-state index is 0.193. The first-order valence-corrected chi connectivity index (χ1v) is 10.9. The number of fused-ring (bicyclic) bond motifs is 2. The third-order valence-electron chi connectivity index (χ3n) is 6.23. The molecule has 4 heterocycles. The van der Waals surface area contributed by atoms with E-state index in [-0.39, 0.29) is 17.6 Å². The zero-order chi connectivity index (χ0) is 23.4. The topological polar surface area (TPSA) is 86.9 Å². The smallest absolute Gasteiger partial charge is 0.407 e. The molecule has 0 bridgehead atoms. The zero-order valence-electron chi connectivity index (χ0n) is 18.9. The Labute approximate surface area is 190 Å². The van der Waals surface area contributed by atoms with Gasteiger partial charge in [-0.05, 0) is 57.5 Å². The molecule has 1 aromatic carbocycles. The van der Waals surface area contributed by atoms with Crippen molar-refractivity contribution in [2.75, 3.05) is 18.0 Å². The van der Waals surface area contributed by atoms with Crippen LogP contribution >= 0.6 is 0 Å². The van der Waals surface area contributed by atoms with Gasteiger partial charge in [0, 0.05) is 24.2 Å². The molecular weight excluding hydrogens is 423 g/mol. The normalized spacial score (nSPS) is 18.9. The molecule has 0 unspecified atom stereocenters. The number of benzene rings is 1. The van der Waals surface area contributed by atoms with Crippen LogP contribution in [0.4, 0.5) is 14.9 Å². The average Bonchev–Trinajstić information content (AvgIpc) is 3.13. The number of piperazine rings is 1. The van der Waals surface area contributed by atoms with Gasteiger partial charge >= 0.3 is 6.09 Å². The molecule has 5 rings (SSSR count). The molecule has 4 aromatic rings. The van der Waals surface area contributed by atoms with E-state index in [2.05, 4.69) is 15.1 Å². The van der Waals surface area contributed by atoms with E-state index in [1.54, 1.807) is 4.52 Å². The van der Waals surface area contributed by atoms with Gasteiger partial charge in [0.15, 0.2) is 11.5 Å². The molecule has 0 aliphatic carbocycles. The number of imidazole rings is 1. The van der Waals surface area contributed by atoms with Crippen LogP contribution in [0, 0.1) is 19.7 Å². The predicted octanol–water partition coefficient (Wildman–Crippen LogP) is 4.28. The molecule has 8 nitrogen and oxygen atoms in total. The highest BCUT2D eigenvalue weighted by Crippen LogP contribution is 2.29. The highest BCUT2D eigenvalue weighted by molar-refractivity contribution is 5.85. The molecule has 0 spiro atoms. The first kappa shape index (κ1) is 21.1. The van der Waals surface area contributed by atoms with Crippen LogP contribution in [0.3, 0.4) is 0 Å². The molecule has 2 atom stereocenters. The number of anilines is 1. The van der Waals surface area contributed by atoms with Gasteiger partial charge in [0.25, 0.3) is 0 Å². The number of carbonyl (C=O) groups is 1. The van der Waals surface area contributed by atoms with Gasteiger partial charge in [-0.2, -0.15) is 5.10 Å². The molecule has 1 amide bonds. The van der Waals surface area contributed by atoms with Crippen LogP contribution in [0.5, 0.6) is 0 Å². The van der Waals surface area contributed by atoms with Crippen molar-refractivity contribution >= 4 is 28.3 Å². The summed E-state index contributed by atoms with van der Waals surface area (Å²) in [5, 5.41) is 14.7. The van der Waals surface area contributed by atoms with Gasteiger partial charge in [-0.25, -0.2) is 23.7 Å². The summed E-state index contributed by atoms with van der Waals surface area (Å²) in [6.45, 7) is 8.62. The van der Waals surface area contributed by atoms with E-state index >= 15 is 4.39 Å². The van der Waals surface area contributed by atoms with E-state index in [1.807, 2.05) is 63.1 Å². The van der Waals surface area contributed by atoms with E-state index < -0.39 is 11.9 Å². The van der Waals surface area contributed by atoms with Crippen LogP contribution in [0.1, 0.15) is 25.1 Å². The fraction of sp³-hybridized carbons (Fsp3) is 0.333. The lowest BCUT2D eigenvalue weighted by Crippen LogP contribution is -2.58. The third kappa shape index (κ3) is 3.63. The van der Waals surface area contributed by atoms with E-state index in [9.17, 15) is 9.90 Å². The van der Waals surface area contributed by atoms with Gasteiger partial charge in [0.05, 0.1) is 29.7 Å². The molecule has 170 valence electrons. The largest absolute Gasteiger partial charge is 0.465 e. The summed E-state index contributed by atoms with van der Waals surface area (Å²) in [7, 11) is 0. The molecule has 1 aliphatic rings. The second-order valence-corrected chi connectivity index (χ2v) is 8.85. The van der Waals surface area contributed by atoms with Crippen molar-refractivity contribution in [3.05, 3.63) is 53.6 Å². The summed E-state index contributed by atoms with van der Waals surface area (Å²) in [5.41, 5.74) is 4.87. The standard InChI is InChI=1S/C24H25FN6O2/c1-13-7-21(28-30-10-14(2)26-23(13)30)20-6-5-17-8-18(9-19(25)22(17)27-20)29-11-15(3)31(24(32)33)16(4)12-29/h5-10,15-16H,11-12H2,1-4H3,(H,32,33)/t15-,16-/m0/s1. The predicted molar refractivity (Wildman–Crippen MR) is 124 cm³/mol. The summed E-state index contributed by atoms with van der Waals surface area (Å²) in [6, 6.07) is 8.61. The number of halogens is 1. The Hall–Kier alpha value is -3.75. The molecule has 0 radical (unpaired) electrons. The van der Waals surface area contributed by atoms with Crippen molar-refractivity contribution in [3.63, 3.8) is 0 Å².